The van der Waals surface area contributed by atoms with Crippen LogP contribution in [0, 0.1) is 22.7 Å². The number of nitrogens with one attached hydrogen (secondary N) is 2. The number of rotatable bonds is 7. The highest BCUT2D eigenvalue weighted by Gasteiger charge is 2.43. The van der Waals surface area contributed by atoms with Gasteiger partial charge in [0.1, 0.15) is 17.2 Å². The lowest BCUT2D eigenvalue weighted by Gasteiger charge is -2.48. The molecular formula is C27H40N4O3. The van der Waals surface area contributed by atoms with Gasteiger partial charge < -0.3 is 15.7 Å². The standard InChI is InChI=1S/C27H40N4O3/c1-5-18-12-19-8-7-11-27(13-18,14-19)15-24(33)30-23-10-6-9-22-29-20(17-31(22)23)25(34)28-16-21(32)26(2,3)4/h6,9-10,17-19,21,32H,5,7-8,11-16H2,1-4H3,(H,28,34)(H,30,33). The second kappa shape index (κ2) is 9.68. The number of fused-ring (bicyclic) bond motifs is 3. The third-order valence-electron chi connectivity index (χ3n) is 7.99. The van der Waals surface area contributed by atoms with E-state index in [2.05, 4.69) is 22.5 Å². The van der Waals surface area contributed by atoms with Crippen molar-refractivity contribution >= 4 is 23.3 Å². The normalized spacial score (nSPS) is 25.7. The molecule has 2 aromatic rings. The molecule has 4 rings (SSSR count). The van der Waals surface area contributed by atoms with Crippen LogP contribution in [0.2, 0.25) is 0 Å². The van der Waals surface area contributed by atoms with Crippen LogP contribution in [0.4, 0.5) is 5.82 Å². The molecule has 2 saturated carbocycles. The minimum absolute atomic E-state index is 0.0397. The number of imidazole rings is 1. The van der Waals surface area contributed by atoms with Gasteiger partial charge in [0.25, 0.3) is 5.91 Å². The molecule has 2 aliphatic carbocycles. The van der Waals surface area contributed by atoms with Gasteiger partial charge >= 0.3 is 0 Å². The van der Waals surface area contributed by atoms with Crippen LogP contribution in [0.15, 0.2) is 24.4 Å². The largest absolute Gasteiger partial charge is 0.391 e. The second-order valence-electron chi connectivity index (χ2n) is 11.8. The van der Waals surface area contributed by atoms with Crippen LogP contribution in [0.5, 0.6) is 0 Å². The Balaban J connectivity index is 1.45. The maximum absolute atomic E-state index is 13.2. The summed E-state index contributed by atoms with van der Waals surface area (Å²) in [6.45, 7) is 8.20. The molecule has 3 N–H and O–H groups in total. The first-order valence-corrected chi connectivity index (χ1v) is 12.8. The minimum Gasteiger partial charge on any atom is -0.391 e. The lowest BCUT2D eigenvalue weighted by Crippen LogP contribution is -2.39. The number of anilines is 1. The van der Waals surface area contributed by atoms with E-state index < -0.39 is 6.10 Å². The number of pyridine rings is 1. The lowest BCUT2D eigenvalue weighted by molar-refractivity contribution is -0.120. The quantitative estimate of drug-likeness (QED) is 0.544. The number of carbonyl (C=O) groups is 2. The molecule has 2 bridgehead atoms. The predicted octanol–water partition coefficient (Wildman–Crippen LogP) is 4.80. The number of aliphatic hydroxyl groups excluding tert-OH is 1. The summed E-state index contributed by atoms with van der Waals surface area (Å²) >= 11 is 0. The number of hydrogen-bond donors (Lipinski definition) is 3. The van der Waals surface area contributed by atoms with E-state index in [-0.39, 0.29) is 34.9 Å². The van der Waals surface area contributed by atoms with Gasteiger partial charge in [-0.2, -0.15) is 0 Å². The van der Waals surface area contributed by atoms with Crippen LogP contribution in [0.1, 0.15) is 89.5 Å². The third kappa shape index (κ3) is 5.45. The van der Waals surface area contributed by atoms with Crippen LogP contribution in [-0.2, 0) is 4.79 Å². The summed E-state index contributed by atoms with van der Waals surface area (Å²) in [6, 6.07) is 5.49. The van der Waals surface area contributed by atoms with Crippen molar-refractivity contribution < 1.29 is 14.7 Å². The van der Waals surface area contributed by atoms with Crippen LogP contribution >= 0.6 is 0 Å². The topological polar surface area (TPSA) is 95.7 Å². The van der Waals surface area contributed by atoms with Gasteiger partial charge in [-0.1, -0.05) is 53.0 Å². The predicted molar refractivity (Wildman–Crippen MR) is 134 cm³/mol. The molecule has 186 valence electrons. The first-order valence-electron chi connectivity index (χ1n) is 12.8. The molecule has 4 atom stereocenters. The van der Waals surface area contributed by atoms with Crippen molar-refractivity contribution in [3.8, 4) is 0 Å². The van der Waals surface area contributed by atoms with E-state index in [1.165, 1.54) is 32.1 Å². The average Bonchev–Trinajstić information content (AvgIpc) is 3.21. The summed E-state index contributed by atoms with van der Waals surface area (Å²) < 4.78 is 1.75. The Morgan fingerprint density at radius 3 is 2.82 bits per heavy atom. The molecule has 0 radical (unpaired) electrons. The zero-order chi connectivity index (χ0) is 24.5. The van der Waals surface area contributed by atoms with Crippen LogP contribution < -0.4 is 10.6 Å². The fourth-order valence-corrected chi connectivity index (χ4v) is 6.02. The fraction of sp³-hybridized carbons (Fsp3) is 0.667. The average molecular weight is 469 g/mol. The molecular weight excluding hydrogens is 428 g/mol. The van der Waals surface area contributed by atoms with Crippen molar-refractivity contribution in [1.29, 1.82) is 0 Å². The van der Waals surface area contributed by atoms with Gasteiger partial charge in [0.15, 0.2) is 0 Å². The first kappa shape index (κ1) is 24.7. The summed E-state index contributed by atoms with van der Waals surface area (Å²) in [7, 11) is 0. The number of amides is 2. The van der Waals surface area contributed by atoms with Crippen LogP contribution in [-0.4, -0.2) is 39.0 Å². The van der Waals surface area contributed by atoms with E-state index in [1.54, 1.807) is 10.6 Å². The van der Waals surface area contributed by atoms with Crippen molar-refractivity contribution in [3.05, 3.63) is 30.1 Å². The fourth-order valence-electron chi connectivity index (χ4n) is 6.02. The van der Waals surface area contributed by atoms with E-state index in [9.17, 15) is 14.7 Å². The molecule has 0 aromatic carbocycles. The molecule has 7 nitrogen and oxygen atoms in total. The molecule has 34 heavy (non-hydrogen) atoms. The van der Waals surface area contributed by atoms with Gasteiger partial charge in [-0.05, 0) is 60.5 Å². The Labute approximate surface area is 202 Å². The Morgan fingerprint density at radius 1 is 1.29 bits per heavy atom. The number of aromatic nitrogens is 2. The van der Waals surface area contributed by atoms with Crippen molar-refractivity contribution in [2.75, 3.05) is 11.9 Å². The summed E-state index contributed by atoms with van der Waals surface area (Å²) in [5.41, 5.74) is 0.665. The van der Waals surface area contributed by atoms with Gasteiger partial charge in [-0.3, -0.25) is 14.0 Å². The van der Waals surface area contributed by atoms with Crippen molar-refractivity contribution in [3.63, 3.8) is 0 Å². The van der Waals surface area contributed by atoms with Gasteiger partial charge in [0, 0.05) is 19.2 Å². The molecule has 2 heterocycles. The van der Waals surface area contributed by atoms with Gasteiger partial charge in [0.2, 0.25) is 5.91 Å². The highest BCUT2D eigenvalue weighted by molar-refractivity contribution is 5.94. The van der Waals surface area contributed by atoms with Crippen molar-refractivity contribution in [2.24, 2.45) is 22.7 Å². The molecule has 2 aromatic heterocycles. The maximum Gasteiger partial charge on any atom is 0.271 e. The molecule has 2 aliphatic rings. The number of aliphatic hydroxyl groups is 1. The number of hydrogen-bond acceptors (Lipinski definition) is 4. The molecule has 4 unspecified atom stereocenters. The Hall–Kier alpha value is -2.41. The summed E-state index contributed by atoms with van der Waals surface area (Å²) in [5.74, 6) is 1.83. The smallest absolute Gasteiger partial charge is 0.271 e. The molecule has 0 spiro atoms. The SMILES string of the molecule is CCC1CC2CCCC(CC(=O)Nc3cccc4nc(C(=O)NCC(O)C(C)(C)C)cn34)(C1)C2. The Morgan fingerprint density at radius 2 is 2.09 bits per heavy atom. The van der Waals surface area contributed by atoms with Gasteiger partial charge in [-0.15, -0.1) is 0 Å². The van der Waals surface area contributed by atoms with Crippen LogP contribution in [0.25, 0.3) is 5.65 Å². The van der Waals surface area contributed by atoms with Gasteiger partial charge in [0.05, 0.1) is 6.10 Å². The summed E-state index contributed by atoms with van der Waals surface area (Å²) in [4.78, 5) is 30.2. The van der Waals surface area contributed by atoms with E-state index in [0.717, 1.165) is 24.7 Å². The van der Waals surface area contributed by atoms with E-state index in [4.69, 9.17) is 0 Å². The van der Waals surface area contributed by atoms with E-state index in [0.29, 0.717) is 17.9 Å². The third-order valence-corrected chi connectivity index (χ3v) is 7.99. The second-order valence-corrected chi connectivity index (χ2v) is 11.8. The van der Waals surface area contributed by atoms with E-state index in [1.807, 2.05) is 39.0 Å². The van der Waals surface area contributed by atoms with Crippen molar-refractivity contribution in [1.82, 2.24) is 14.7 Å². The van der Waals surface area contributed by atoms with E-state index >= 15 is 0 Å². The molecule has 7 heteroatoms. The first-order chi connectivity index (χ1) is 16.1. The number of carbonyl (C=O) groups excluding carboxylic acids is 2. The Bertz CT molecular complexity index is 1040. The zero-order valence-electron chi connectivity index (χ0n) is 21.1. The monoisotopic (exact) mass is 468 g/mol. The number of nitrogens with zero attached hydrogens (tertiary/aromatic N) is 2. The zero-order valence-corrected chi connectivity index (χ0v) is 21.1. The van der Waals surface area contributed by atoms with Gasteiger partial charge in [-0.25, -0.2) is 4.98 Å². The highest BCUT2D eigenvalue weighted by atomic mass is 16.3. The Kier molecular flexibility index (Phi) is 7.04. The molecule has 0 saturated heterocycles. The highest BCUT2D eigenvalue weighted by Crippen LogP contribution is 2.53. The van der Waals surface area contributed by atoms with Crippen LogP contribution in [0.3, 0.4) is 0 Å². The lowest BCUT2D eigenvalue weighted by atomic mass is 9.57. The maximum atomic E-state index is 13.2. The summed E-state index contributed by atoms with van der Waals surface area (Å²) in [5, 5.41) is 16.1. The molecule has 2 amide bonds. The minimum atomic E-state index is -0.658. The molecule has 2 fully saturated rings. The molecule has 0 aliphatic heterocycles. The summed E-state index contributed by atoms with van der Waals surface area (Å²) in [6.07, 6.45) is 10.1. The van der Waals surface area contributed by atoms with Crippen molar-refractivity contribution in [2.45, 2.75) is 85.2 Å².